The highest BCUT2D eigenvalue weighted by Crippen LogP contribution is 2.23. The van der Waals surface area contributed by atoms with E-state index >= 15 is 0 Å². The van der Waals surface area contributed by atoms with Gasteiger partial charge in [-0.15, -0.1) is 0 Å². The van der Waals surface area contributed by atoms with E-state index in [9.17, 15) is 0 Å². The summed E-state index contributed by atoms with van der Waals surface area (Å²) >= 11 is 5.16. The molecule has 15 heavy (non-hydrogen) atoms. The number of nitrogens with two attached hydrogens (primary N) is 1. The standard InChI is InChI=1S/C11H17N3S/c12-11(15)10(9-5-4-6-13-9)14-7-2-1-3-8-14/h4-6,10,13H,1-3,7-8H2,(H2,12,15). The van der Waals surface area contributed by atoms with E-state index in [1.165, 1.54) is 19.3 Å². The van der Waals surface area contributed by atoms with Crippen molar-refractivity contribution in [3.8, 4) is 0 Å². The first-order chi connectivity index (χ1) is 7.29. The Morgan fingerprint density at radius 3 is 2.67 bits per heavy atom. The van der Waals surface area contributed by atoms with Crippen LogP contribution in [0.4, 0.5) is 0 Å². The molecular weight excluding hydrogens is 206 g/mol. The molecule has 1 saturated heterocycles. The molecule has 0 aromatic carbocycles. The monoisotopic (exact) mass is 223 g/mol. The molecular formula is C11H17N3S. The zero-order valence-corrected chi connectivity index (χ0v) is 9.59. The van der Waals surface area contributed by atoms with Crippen molar-refractivity contribution in [1.82, 2.24) is 9.88 Å². The van der Waals surface area contributed by atoms with Crippen LogP contribution in [0.5, 0.6) is 0 Å². The van der Waals surface area contributed by atoms with Crippen LogP contribution in [0, 0.1) is 0 Å². The average Bonchev–Trinajstić information content (AvgIpc) is 2.72. The van der Waals surface area contributed by atoms with Crippen molar-refractivity contribution in [2.75, 3.05) is 13.1 Å². The Morgan fingerprint density at radius 1 is 1.40 bits per heavy atom. The summed E-state index contributed by atoms with van der Waals surface area (Å²) in [5, 5.41) is 0. The van der Waals surface area contributed by atoms with Crippen LogP contribution in [0.15, 0.2) is 18.3 Å². The van der Waals surface area contributed by atoms with Crippen LogP contribution in [0.1, 0.15) is 31.0 Å². The number of rotatable bonds is 3. The Kier molecular flexibility index (Phi) is 3.38. The third-order valence-electron chi connectivity index (χ3n) is 2.94. The number of thiocarbonyl (C=S) groups is 1. The molecule has 82 valence electrons. The molecule has 0 spiro atoms. The summed E-state index contributed by atoms with van der Waals surface area (Å²) in [6, 6.07) is 4.14. The van der Waals surface area contributed by atoms with Gasteiger partial charge < -0.3 is 10.7 Å². The minimum Gasteiger partial charge on any atom is -0.392 e. The molecule has 0 aliphatic carbocycles. The van der Waals surface area contributed by atoms with E-state index in [1.54, 1.807) is 0 Å². The SMILES string of the molecule is NC(=S)C(c1ccc[nH]1)N1CCCCC1. The van der Waals surface area contributed by atoms with Gasteiger partial charge >= 0.3 is 0 Å². The zero-order valence-electron chi connectivity index (χ0n) is 8.78. The van der Waals surface area contributed by atoms with E-state index in [0.29, 0.717) is 4.99 Å². The first-order valence-electron chi connectivity index (χ1n) is 5.45. The van der Waals surface area contributed by atoms with E-state index in [2.05, 4.69) is 16.0 Å². The van der Waals surface area contributed by atoms with Crippen LogP contribution in [-0.2, 0) is 0 Å². The molecule has 0 radical (unpaired) electrons. The summed E-state index contributed by atoms with van der Waals surface area (Å²) in [6.07, 6.45) is 5.75. The Morgan fingerprint density at radius 2 is 2.13 bits per heavy atom. The molecule has 1 unspecified atom stereocenters. The van der Waals surface area contributed by atoms with Gasteiger partial charge in [0.25, 0.3) is 0 Å². The molecule has 0 saturated carbocycles. The third kappa shape index (κ3) is 2.38. The minimum absolute atomic E-state index is 0.0929. The minimum atomic E-state index is 0.0929. The first-order valence-corrected chi connectivity index (χ1v) is 5.86. The molecule has 3 nitrogen and oxygen atoms in total. The average molecular weight is 223 g/mol. The highest BCUT2D eigenvalue weighted by Gasteiger charge is 2.24. The normalized spacial score (nSPS) is 20.0. The Labute approximate surface area is 95.6 Å². The molecule has 0 bridgehead atoms. The van der Waals surface area contributed by atoms with Crippen molar-refractivity contribution in [2.24, 2.45) is 5.73 Å². The van der Waals surface area contributed by atoms with E-state index in [4.69, 9.17) is 18.0 Å². The summed E-state index contributed by atoms with van der Waals surface area (Å²) in [4.78, 5) is 6.15. The zero-order chi connectivity index (χ0) is 10.7. The number of nitrogens with one attached hydrogen (secondary N) is 1. The lowest BCUT2D eigenvalue weighted by Crippen LogP contribution is -2.40. The molecule has 1 aliphatic rings. The molecule has 2 heterocycles. The predicted molar refractivity (Wildman–Crippen MR) is 65.7 cm³/mol. The van der Waals surface area contributed by atoms with Crippen LogP contribution in [0.25, 0.3) is 0 Å². The summed E-state index contributed by atoms with van der Waals surface area (Å²) in [6.45, 7) is 2.20. The lowest BCUT2D eigenvalue weighted by atomic mass is 10.1. The Balaban J connectivity index is 2.15. The van der Waals surface area contributed by atoms with Gasteiger partial charge in [0.15, 0.2) is 0 Å². The quantitative estimate of drug-likeness (QED) is 0.768. The first kappa shape index (κ1) is 10.6. The predicted octanol–water partition coefficient (Wildman–Crippen LogP) is 1.83. The number of hydrogen-bond acceptors (Lipinski definition) is 2. The molecule has 1 aliphatic heterocycles. The lowest BCUT2D eigenvalue weighted by Gasteiger charge is -2.33. The summed E-state index contributed by atoms with van der Waals surface area (Å²) < 4.78 is 0. The number of likely N-dealkylation sites (tertiary alicyclic amines) is 1. The summed E-state index contributed by atoms with van der Waals surface area (Å²) in [5.74, 6) is 0. The fourth-order valence-corrected chi connectivity index (χ4v) is 2.50. The van der Waals surface area contributed by atoms with Gasteiger partial charge in [-0.2, -0.15) is 0 Å². The maximum Gasteiger partial charge on any atom is 0.101 e. The van der Waals surface area contributed by atoms with Crippen LogP contribution < -0.4 is 5.73 Å². The highest BCUT2D eigenvalue weighted by molar-refractivity contribution is 7.80. The largest absolute Gasteiger partial charge is 0.392 e. The molecule has 1 aromatic rings. The van der Waals surface area contributed by atoms with Gasteiger partial charge in [0.2, 0.25) is 0 Å². The van der Waals surface area contributed by atoms with Crippen molar-refractivity contribution < 1.29 is 0 Å². The second kappa shape index (κ2) is 4.77. The van der Waals surface area contributed by atoms with Crippen LogP contribution in [0.3, 0.4) is 0 Å². The lowest BCUT2D eigenvalue weighted by molar-refractivity contribution is 0.201. The molecule has 2 rings (SSSR count). The maximum atomic E-state index is 5.83. The number of aromatic nitrogens is 1. The van der Waals surface area contributed by atoms with Gasteiger partial charge in [0.1, 0.15) is 6.04 Å². The van der Waals surface area contributed by atoms with Gasteiger partial charge in [-0.25, -0.2) is 0 Å². The van der Waals surface area contributed by atoms with Crippen molar-refractivity contribution in [2.45, 2.75) is 25.3 Å². The summed E-state index contributed by atoms with van der Waals surface area (Å²) in [7, 11) is 0. The van der Waals surface area contributed by atoms with Crippen molar-refractivity contribution in [3.05, 3.63) is 24.0 Å². The Bertz CT molecular complexity index is 315. The third-order valence-corrected chi connectivity index (χ3v) is 3.17. The van der Waals surface area contributed by atoms with Crippen LogP contribution in [0.2, 0.25) is 0 Å². The summed E-state index contributed by atoms with van der Waals surface area (Å²) in [5.41, 5.74) is 6.94. The van der Waals surface area contributed by atoms with Crippen molar-refractivity contribution in [1.29, 1.82) is 0 Å². The van der Waals surface area contributed by atoms with Crippen molar-refractivity contribution >= 4 is 17.2 Å². The Hall–Kier alpha value is -0.870. The number of H-pyrrole nitrogens is 1. The molecule has 1 fully saturated rings. The van der Waals surface area contributed by atoms with Crippen molar-refractivity contribution in [3.63, 3.8) is 0 Å². The van der Waals surface area contributed by atoms with E-state index in [-0.39, 0.29) is 6.04 Å². The molecule has 4 heteroatoms. The van der Waals surface area contributed by atoms with E-state index in [0.717, 1.165) is 18.8 Å². The highest BCUT2D eigenvalue weighted by atomic mass is 32.1. The molecule has 0 amide bonds. The number of aromatic amines is 1. The maximum absolute atomic E-state index is 5.83. The smallest absolute Gasteiger partial charge is 0.101 e. The molecule has 1 atom stereocenters. The second-order valence-corrected chi connectivity index (χ2v) is 4.50. The number of nitrogens with zero attached hydrogens (tertiary/aromatic N) is 1. The van der Waals surface area contributed by atoms with E-state index in [1.807, 2.05) is 12.3 Å². The number of hydrogen-bond donors (Lipinski definition) is 2. The van der Waals surface area contributed by atoms with Gasteiger partial charge in [-0.1, -0.05) is 18.6 Å². The fourth-order valence-electron chi connectivity index (χ4n) is 2.22. The van der Waals surface area contributed by atoms with Gasteiger partial charge in [-0.3, -0.25) is 4.90 Å². The van der Waals surface area contributed by atoms with Crippen LogP contribution >= 0.6 is 12.2 Å². The van der Waals surface area contributed by atoms with Gasteiger partial charge in [0, 0.05) is 11.9 Å². The fraction of sp³-hybridized carbons (Fsp3) is 0.545. The second-order valence-electron chi connectivity index (χ2n) is 4.03. The van der Waals surface area contributed by atoms with Gasteiger partial charge in [0.05, 0.1) is 4.99 Å². The van der Waals surface area contributed by atoms with Crippen LogP contribution in [-0.4, -0.2) is 28.0 Å². The molecule has 3 N–H and O–H groups in total. The van der Waals surface area contributed by atoms with Gasteiger partial charge in [-0.05, 0) is 38.1 Å². The van der Waals surface area contributed by atoms with E-state index < -0.39 is 0 Å². The number of piperidine rings is 1. The molecule has 1 aromatic heterocycles. The topological polar surface area (TPSA) is 45.1 Å².